The highest BCUT2D eigenvalue weighted by molar-refractivity contribution is 5.97. The lowest BCUT2D eigenvalue weighted by atomic mass is 10.1. The van der Waals surface area contributed by atoms with Gasteiger partial charge in [-0.1, -0.05) is 19.4 Å². The van der Waals surface area contributed by atoms with Crippen LogP contribution in [0.25, 0.3) is 0 Å². The first kappa shape index (κ1) is 14.8. The van der Waals surface area contributed by atoms with Crippen LogP contribution in [0.2, 0.25) is 0 Å². The fourth-order valence-corrected chi connectivity index (χ4v) is 1.84. The minimum absolute atomic E-state index is 0.0211. The predicted molar refractivity (Wildman–Crippen MR) is 74.1 cm³/mol. The Morgan fingerprint density at radius 2 is 2.05 bits per heavy atom. The Kier molecular flexibility index (Phi) is 5.17. The molecule has 0 bridgehead atoms. The Hall–Kier alpha value is -2.24. The molecule has 6 nitrogen and oxygen atoms in total. The first-order chi connectivity index (χ1) is 8.97. The van der Waals surface area contributed by atoms with E-state index in [1.54, 1.807) is 17.0 Å². The molecule has 0 radical (unpaired) electrons. The summed E-state index contributed by atoms with van der Waals surface area (Å²) in [6.07, 6.45) is 1.82. The smallest absolute Gasteiger partial charge is 0.337 e. The van der Waals surface area contributed by atoms with Gasteiger partial charge in [0.2, 0.25) is 5.91 Å². The number of nitrogens with zero attached hydrogens (tertiary/aromatic N) is 1. The summed E-state index contributed by atoms with van der Waals surface area (Å²) in [7, 11) is 0. The van der Waals surface area contributed by atoms with Crippen LogP contribution >= 0.6 is 0 Å². The van der Waals surface area contributed by atoms with Crippen molar-refractivity contribution < 1.29 is 14.7 Å². The van der Waals surface area contributed by atoms with Gasteiger partial charge < -0.3 is 21.5 Å². The molecule has 6 heteroatoms. The van der Waals surface area contributed by atoms with Crippen LogP contribution in [0.1, 0.15) is 30.1 Å². The monoisotopic (exact) mass is 265 g/mol. The van der Waals surface area contributed by atoms with Gasteiger partial charge in [0.05, 0.1) is 23.5 Å². The molecule has 0 aliphatic heterocycles. The molecule has 0 spiro atoms. The van der Waals surface area contributed by atoms with Gasteiger partial charge >= 0.3 is 5.97 Å². The van der Waals surface area contributed by atoms with Crippen molar-refractivity contribution in [1.82, 2.24) is 0 Å². The summed E-state index contributed by atoms with van der Waals surface area (Å²) < 4.78 is 0. The number of hydrogen-bond donors (Lipinski definition) is 3. The number of unbranched alkanes of at least 4 members (excludes halogenated alkanes) is 1. The SMILES string of the molecule is CCCCN(CC(N)=O)c1cccc(C(=O)O)c1N. The summed E-state index contributed by atoms with van der Waals surface area (Å²) in [6, 6.07) is 4.74. The third-order valence-corrected chi connectivity index (χ3v) is 2.78. The summed E-state index contributed by atoms with van der Waals surface area (Å²) >= 11 is 0. The zero-order valence-corrected chi connectivity index (χ0v) is 10.9. The minimum atomic E-state index is -1.09. The first-order valence-electron chi connectivity index (χ1n) is 6.12. The molecule has 1 rings (SSSR count). The number of amides is 1. The highest BCUT2D eigenvalue weighted by Crippen LogP contribution is 2.27. The second-order valence-corrected chi connectivity index (χ2v) is 4.28. The Morgan fingerprint density at radius 1 is 1.37 bits per heavy atom. The molecule has 0 aliphatic carbocycles. The third-order valence-electron chi connectivity index (χ3n) is 2.78. The van der Waals surface area contributed by atoms with Crippen LogP contribution < -0.4 is 16.4 Å². The lowest BCUT2D eigenvalue weighted by Gasteiger charge is -2.25. The zero-order valence-electron chi connectivity index (χ0n) is 10.9. The lowest BCUT2D eigenvalue weighted by Crippen LogP contribution is -2.35. The van der Waals surface area contributed by atoms with Crippen LogP contribution in [0, 0.1) is 0 Å². The van der Waals surface area contributed by atoms with Crippen LogP contribution in [-0.4, -0.2) is 30.1 Å². The van der Waals surface area contributed by atoms with Crippen molar-refractivity contribution >= 4 is 23.3 Å². The maximum atomic E-state index is 11.1. The number of nitrogen functional groups attached to an aromatic ring is 1. The normalized spacial score (nSPS) is 10.2. The van der Waals surface area contributed by atoms with Crippen LogP contribution in [0.4, 0.5) is 11.4 Å². The number of anilines is 2. The second kappa shape index (κ2) is 6.63. The van der Waals surface area contributed by atoms with E-state index in [9.17, 15) is 9.59 Å². The number of aromatic carboxylic acids is 1. The van der Waals surface area contributed by atoms with E-state index >= 15 is 0 Å². The molecule has 0 aliphatic rings. The number of primary amides is 1. The summed E-state index contributed by atoms with van der Waals surface area (Å²) in [6.45, 7) is 2.65. The molecule has 1 aromatic carbocycles. The molecule has 1 aromatic rings. The van der Waals surface area contributed by atoms with Gasteiger partial charge in [-0.3, -0.25) is 4.79 Å². The average Bonchev–Trinajstić information content (AvgIpc) is 2.34. The van der Waals surface area contributed by atoms with Crippen LogP contribution in [0.3, 0.4) is 0 Å². The molecule has 104 valence electrons. The van der Waals surface area contributed by atoms with Gasteiger partial charge in [0.25, 0.3) is 0 Å². The maximum absolute atomic E-state index is 11.1. The maximum Gasteiger partial charge on any atom is 0.337 e. The van der Waals surface area contributed by atoms with Gasteiger partial charge in [0, 0.05) is 6.54 Å². The lowest BCUT2D eigenvalue weighted by molar-refractivity contribution is -0.116. The highest BCUT2D eigenvalue weighted by atomic mass is 16.4. The van der Waals surface area contributed by atoms with E-state index in [1.165, 1.54) is 6.07 Å². The number of para-hydroxylation sites is 1. The molecule has 0 unspecified atom stereocenters. The second-order valence-electron chi connectivity index (χ2n) is 4.28. The van der Waals surface area contributed by atoms with E-state index in [1.807, 2.05) is 6.92 Å². The number of hydrogen-bond acceptors (Lipinski definition) is 4. The fourth-order valence-electron chi connectivity index (χ4n) is 1.84. The topological polar surface area (TPSA) is 110 Å². The zero-order chi connectivity index (χ0) is 14.4. The van der Waals surface area contributed by atoms with Crippen LogP contribution in [-0.2, 0) is 4.79 Å². The molecule has 0 aromatic heterocycles. The van der Waals surface area contributed by atoms with Gasteiger partial charge in [-0.05, 0) is 18.6 Å². The fraction of sp³-hybridized carbons (Fsp3) is 0.385. The third kappa shape index (κ3) is 3.87. The van der Waals surface area contributed by atoms with E-state index in [2.05, 4.69) is 0 Å². The number of carboxylic acids is 1. The average molecular weight is 265 g/mol. The molecule has 1 amide bonds. The van der Waals surface area contributed by atoms with Gasteiger partial charge in [0.15, 0.2) is 0 Å². The van der Waals surface area contributed by atoms with Gasteiger partial charge in [0.1, 0.15) is 0 Å². The Balaban J connectivity index is 3.10. The van der Waals surface area contributed by atoms with Crippen molar-refractivity contribution in [2.45, 2.75) is 19.8 Å². The van der Waals surface area contributed by atoms with Crippen LogP contribution in [0.15, 0.2) is 18.2 Å². The van der Waals surface area contributed by atoms with Crippen molar-refractivity contribution in [3.63, 3.8) is 0 Å². The summed E-state index contributed by atoms with van der Waals surface area (Å²) in [5, 5.41) is 9.04. The summed E-state index contributed by atoms with van der Waals surface area (Å²) in [5.74, 6) is -1.56. The van der Waals surface area contributed by atoms with Crippen molar-refractivity contribution in [2.75, 3.05) is 23.7 Å². The highest BCUT2D eigenvalue weighted by Gasteiger charge is 2.16. The molecule has 19 heavy (non-hydrogen) atoms. The molecule has 0 saturated carbocycles. The predicted octanol–water partition coefficient (Wildman–Crippen LogP) is 1.06. The molecule has 0 fully saturated rings. The summed E-state index contributed by atoms with van der Waals surface area (Å²) in [4.78, 5) is 23.9. The number of rotatable bonds is 7. The van der Waals surface area contributed by atoms with Crippen LogP contribution in [0.5, 0.6) is 0 Å². The number of carboxylic acid groups (broad SMARTS) is 1. The van der Waals surface area contributed by atoms with Gasteiger partial charge in [-0.15, -0.1) is 0 Å². The minimum Gasteiger partial charge on any atom is -0.478 e. The molecule has 0 heterocycles. The number of benzene rings is 1. The molecular weight excluding hydrogens is 246 g/mol. The molecule has 0 saturated heterocycles. The van der Waals surface area contributed by atoms with Crippen molar-refractivity contribution in [2.24, 2.45) is 5.73 Å². The Bertz CT molecular complexity index is 474. The molecule has 0 atom stereocenters. The van der Waals surface area contributed by atoms with Gasteiger partial charge in [-0.25, -0.2) is 4.79 Å². The molecule has 5 N–H and O–H groups in total. The van der Waals surface area contributed by atoms with Crippen molar-refractivity contribution in [3.05, 3.63) is 23.8 Å². The van der Waals surface area contributed by atoms with E-state index in [0.29, 0.717) is 12.2 Å². The van der Waals surface area contributed by atoms with Crippen molar-refractivity contribution in [1.29, 1.82) is 0 Å². The Labute approximate surface area is 112 Å². The Morgan fingerprint density at radius 3 is 2.58 bits per heavy atom. The van der Waals surface area contributed by atoms with E-state index in [0.717, 1.165) is 12.8 Å². The number of carbonyl (C=O) groups is 2. The van der Waals surface area contributed by atoms with Gasteiger partial charge in [-0.2, -0.15) is 0 Å². The van der Waals surface area contributed by atoms with E-state index in [-0.39, 0.29) is 17.8 Å². The summed E-state index contributed by atoms with van der Waals surface area (Å²) in [5.41, 5.74) is 11.8. The van der Waals surface area contributed by atoms with Crippen molar-refractivity contribution in [3.8, 4) is 0 Å². The van der Waals surface area contributed by atoms with E-state index < -0.39 is 11.9 Å². The van der Waals surface area contributed by atoms with E-state index in [4.69, 9.17) is 16.6 Å². The quantitative estimate of drug-likeness (QED) is 0.638. The number of carbonyl (C=O) groups excluding carboxylic acids is 1. The standard InChI is InChI=1S/C13H19N3O3/c1-2-3-7-16(8-11(14)17)10-6-4-5-9(12(10)15)13(18)19/h4-6H,2-3,7-8,15H2,1H3,(H2,14,17)(H,18,19). The largest absolute Gasteiger partial charge is 0.478 e. The molecular formula is C13H19N3O3. The number of nitrogens with two attached hydrogens (primary N) is 2. The first-order valence-corrected chi connectivity index (χ1v) is 6.12.